The lowest BCUT2D eigenvalue weighted by molar-refractivity contribution is 0.283. The van der Waals surface area contributed by atoms with E-state index >= 15 is 0 Å². The zero-order chi connectivity index (χ0) is 13.9. The Kier molecular flexibility index (Phi) is 4.44. The van der Waals surface area contributed by atoms with Gasteiger partial charge < -0.3 is 10.0 Å². The minimum absolute atomic E-state index is 0.188. The predicted octanol–water partition coefficient (Wildman–Crippen LogP) is 0.859. The van der Waals surface area contributed by atoms with Crippen molar-refractivity contribution in [2.75, 3.05) is 24.6 Å². The van der Waals surface area contributed by atoms with Gasteiger partial charge in [0.05, 0.1) is 4.90 Å². The van der Waals surface area contributed by atoms with E-state index in [-0.39, 0.29) is 11.5 Å². The van der Waals surface area contributed by atoms with E-state index < -0.39 is 10.0 Å². The fraction of sp³-hybridized carbons (Fsp3) is 0.538. The number of nitrogens with zero attached hydrogens (tertiary/aromatic N) is 1. The van der Waals surface area contributed by atoms with Gasteiger partial charge in [0.15, 0.2) is 0 Å². The lowest BCUT2D eigenvalue weighted by Gasteiger charge is -2.19. The van der Waals surface area contributed by atoms with E-state index in [2.05, 4.69) is 4.90 Å². The third kappa shape index (κ3) is 3.46. The Hall–Kier alpha value is -1.11. The summed E-state index contributed by atoms with van der Waals surface area (Å²) < 4.78 is 22.6. The summed E-state index contributed by atoms with van der Waals surface area (Å²) in [5, 5.41) is 13.9. The van der Waals surface area contributed by atoms with Gasteiger partial charge in [0, 0.05) is 25.4 Å². The van der Waals surface area contributed by atoms with Crippen LogP contribution in [-0.2, 0) is 16.4 Å². The van der Waals surface area contributed by atoms with E-state index in [1.54, 1.807) is 12.1 Å². The van der Waals surface area contributed by atoms with Gasteiger partial charge >= 0.3 is 0 Å². The molecule has 0 saturated carbocycles. The minimum atomic E-state index is -3.61. The normalized spacial score (nSPS) is 14.7. The first kappa shape index (κ1) is 14.3. The van der Waals surface area contributed by atoms with Crippen molar-refractivity contribution in [3.05, 3.63) is 23.8 Å². The summed E-state index contributed by atoms with van der Waals surface area (Å²) in [7, 11) is -3.61. The van der Waals surface area contributed by atoms with Crippen molar-refractivity contribution in [3.63, 3.8) is 0 Å². The number of unbranched alkanes of at least 4 members (excludes halogenated alkanes) is 2. The summed E-state index contributed by atoms with van der Waals surface area (Å²) in [4.78, 5) is 2.45. The Bertz CT molecular complexity index is 543. The highest BCUT2D eigenvalue weighted by atomic mass is 32.2. The Morgan fingerprint density at radius 2 is 2.05 bits per heavy atom. The summed E-state index contributed by atoms with van der Waals surface area (Å²) in [6.45, 7) is 2.11. The smallest absolute Gasteiger partial charge is 0.238 e. The van der Waals surface area contributed by atoms with Crippen molar-refractivity contribution in [2.45, 2.75) is 30.6 Å². The largest absolute Gasteiger partial charge is 0.396 e. The van der Waals surface area contributed by atoms with Crippen LogP contribution in [0.2, 0.25) is 0 Å². The van der Waals surface area contributed by atoms with Crippen LogP contribution in [0, 0.1) is 0 Å². The second kappa shape index (κ2) is 5.90. The topological polar surface area (TPSA) is 83.6 Å². The van der Waals surface area contributed by atoms with Crippen molar-refractivity contribution >= 4 is 15.7 Å². The number of fused-ring (bicyclic) bond motifs is 1. The van der Waals surface area contributed by atoms with Gasteiger partial charge in [-0.1, -0.05) is 0 Å². The maximum Gasteiger partial charge on any atom is 0.238 e. The molecule has 1 aromatic carbocycles. The first-order valence-electron chi connectivity index (χ1n) is 6.54. The van der Waals surface area contributed by atoms with Crippen LogP contribution in [0.4, 0.5) is 5.69 Å². The number of hydrogen-bond donors (Lipinski definition) is 2. The number of benzene rings is 1. The molecule has 19 heavy (non-hydrogen) atoms. The molecule has 0 amide bonds. The lowest BCUT2D eigenvalue weighted by Crippen LogP contribution is -2.21. The molecule has 0 atom stereocenters. The first-order chi connectivity index (χ1) is 9.02. The molecule has 0 unspecified atom stereocenters. The molecule has 0 spiro atoms. The molecule has 0 aromatic heterocycles. The Morgan fingerprint density at radius 3 is 2.74 bits per heavy atom. The van der Waals surface area contributed by atoms with Gasteiger partial charge in [-0.05, 0) is 49.4 Å². The predicted molar refractivity (Wildman–Crippen MR) is 74.7 cm³/mol. The average molecular weight is 284 g/mol. The summed E-state index contributed by atoms with van der Waals surface area (Å²) in [6.07, 6.45) is 3.75. The van der Waals surface area contributed by atoms with E-state index in [0.717, 1.165) is 50.0 Å². The van der Waals surface area contributed by atoms with Gasteiger partial charge in [-0.15, -0.1) is 0 Å². The lowest BCUT2D eigenvalue weighted by atomic mass is 10.2. The molecule has 1 heterocycles. The minimum Gasteiger partial charge on any atom is -0.396 e. The molecule has 6 heteroatoms. The van der Waals surface area contributed by atoms with Crippen LogP contribution >= 0.6 is 0 Å². The Labute approximate surface area is 114 Å². The zero-order valence-electron chi connectivity index (χ0n) is 10.9. The summed E-state index contributed by atoms with van der Waals surface area (Å²) in [6, 6.07) is 5.09. The number of sulfonamides is 1. The van der Waals surface area contributed by atoms with Crippen LogP contribution in [-0.4, -0.2) is 33.2 Å². The van der Waals surface area contributed by atoms with Crippen LogP contribution in [0.3, 0.4) is 0 Å². The molecule has 1 aliphatic rings. The highest BCUT2D eigenvalue weighted by molar-refractivity contribution is 7.89. The van der Waals surface area contributed by atoms with E-state index in [1.807, 2.05) is 6.07 Å². The zero-order valence-corrected chi connectivity index (χ0v) is 11.7. The van der Waals surface area contributed by atoms with Crippen molar-refractivity contribution in [1.29, 1.82) is 0 Å². The number of aliphatic hydroxyl groups is 1. The van der Waals surface area contributed by atoms with Crippen LogP contribution in [0.15, 0.2) is 23.1 Å². The number of hydrogen-bond acceptors (Lipinski definition) is 4. The molecule has 106 valence electrons. The monoisotopic (exact) mass is 284 g/mol. The van der Waals surface area contributed by atoms with E-state index in [1.165, 1.54) is 0 Å². The van der Waals surface area contributed by atoms with Crippen LogP contribution in [0.5, 0.6) is 0 Å². The van der Waals surface area contributed by atoms with E-state index in [9.17, 15) is 8.42 Å². The summed E-state index contributed by atoms with van der Waals surface area (Å²) >= 11 is 0. The van der Waals surface area contributed by atoms with Crippen LogP contribution in [0.25, 0.3) is 0 Å². The molecule has 0 aliphatic carbocycles. The Balaban J connectivity index is 2.05. The quantitative estimate of drug-likeness (QED) is 0.759. The summed E-state index contributed by atoms with van der Waals surface area (Å²) in [5.74, 6) is 0. The molecule has 1 aromatic rings. The number of primary sulfonamides is 1. The molecular weight excluding hydrogens is 264 g/mol. The summed E-state index contributed by atoms with van der Waals surface area (Å²) in [5.41, 5.74) is 2.16. The average Bonchev–Trinajstić information content (AvgIpc) is 2.76. The van der Waals surface area contributed by atoms with Gasteiger partial charge in [0.1, 0.15) is 0 Å². The molecule has 3 N–H and O–H groups in total. The Morgan fingerprint density at radius 1 is 1.26 bits per heavy atom. The third-order valence-electron chi connectivity index (χ3n) is 3.46. The highest BCUT2D eigenvalue weighted by Gasteiger charge is 2.20. The fourth-order valence-electron chi connectivity index (χ4n) is 2.45. The SMILES string of the molecule is NS(=O)(=O)c1ccc2c(c1)CCN2CCCCCO. The molecule has 0 bridgehead atoms. The fourth-order valence-corrected chi connectivity index (χ4v) is 3.01. The third-order valence-corrected chi connectivity index (χ3v) is 4.37. The molecule has 0 fully saturated rings. The maximum absolute atomic E-state index is 11.3. The molecule has 2 rings (SSSR count). The highest BCUT2D eigenvalue weighted by Crippen LogP contribution is 2.30. The van der Waals surface area contributed by atoms with Crippen LogP contribution in [0.1, 0.15) is 24.8 Å². The second-order valence-corrected chi connectivity index (χ2v) is 6.42. The number of aliphatic hydroxyl groups excluding tert-OH is 1. The molecule has 0 radical (unpaired) electrons. The number of rotatable bonds is 6. The first-order valence-corrected chi connectivity index (χ1v) is 8.08. The van der Waals surface area contributed by atoms with Gasteiger partial charge in [-0.3, -0.25) is 0 Å². The van der Waals surface area contributed by atoms with Gasteiger partial charge in [-0.25, -0.2) is 13.6 Å². The van der Waals surface area contributed by atoms with Crippen molar-refractivity contribution < 1.29 is 13.5 Å². The maximum atomic E-state index is 11.3. The van der Waals surface area contributed by atoms with Crippen LogP contribution < -0.4 is 10.0 Å². The van der Waals surface area contributed by atoms with E-state index in [4.69, 9.17) is 10.2 Å². The standard InChI is InChI=1S/C13H20N2O3S/c14-19(17,18)12-4-5-13-11(10-12)6-8-15(13)7-2-1-3-9-16/h4-5,10,16H,1-3,6-9H2,(H2,14,17,18). The molecule has 0 saturated heterocycles. The molecule has 1 aliphatic heterocycles. The number of anilines is 1. The van der Waals surface area contributed by atoms with Gasteiger partial charge in [-0.2, -0.15) is 0 Å². The van der Waals surface area contributed by atoms with Gasteiger partial charge in [0.25, 0.3) is 0 Å². The molecule has 5 nitrogen and oxygen atoms in total. The van der Waals surface area contributed by atoms with Crippen molar-refractivity contribution in [2.24, 2.45) is 5.14 Å². The van der Waals surface area contributed by atoms with Gasteiger partial charge in [0.2, 0.25) is 10.0 Å². The number of nitrogens with two attached hydrogens (primary N) is 1. The second-order valence-electron chi connectivity index (χ2n) is 4.86. The van der Waals surface area contributed by atoms with Crippen molar-refractivity contribution in [1.82, 2.24) is 0 Å². The van der Waals surface area contributed by atoms with E-state index in [0.29, 0.717) is 0 Å². The molecular formula is C13H20N2O3S. The van der Waals surface area contributed by atoms with Crippen molar-refractivity contribution in [3.8, 4) is 0 Å².